The van der Waals surface area contributed by atoms with Crippen molar-refractivity contribution >= 4 is 0 Å². The fraction of sp³-hybridized carbons (Fsp3) is 0.267. The molecule has 0 amide bonds. The Morgan fingerprint density at radius 2 is 1.83 bits per heavy atom. The van der Waals surface area contributed by atoms with Crippen LogP contribution in [0.5, 0.6) is 0 Å². The lowest BCUT2D eigenvalue weighted by atomic mass is 10.1. The van der Waals surface area contributed by atoms with Crippen molar-refractivity contribution in [3.63, 3.8) is 0 Å². The minimum absolute atomic E-state index is 0.0236. The summed E-state index contributed by atoms with van der Waals surface area (Å²) in [6.45, 7) is 4.72. The zero-order valence-corrected chi connectivity index (χ0v) is 10.7. The van der Waals surface area contributed by atoms with E-state index in [0.29, 0.717) is 12.6 Å². The van der Waals surface area contributed by atoms with Crippen LogP contribution in [-0.2, 0) is 6.54 Å². The molecule has 2 rings (SSSR count). The number of rotatable bonds is 4. The molecule has 1 aromatic carbocycles. The quantitative estimate of drug-likeness (QED) is 0.865. The Kier molecular flexibility index (Phi) is 3.95. The maximum atomic E-state index is 11.9. The van der Waals surface area contributed by atoms with Gasteiger partial charge in [0.1, 0.15) is 0 Å². The monoisotopic (exact) mass is 242 g/mol. The van der Waals surface area contributed by atoms with Crippen LogP contribution in [-0.4, -0.2) is 11.0 Å². The average molecular weight is 242 g/mol. The second-order valence-corrected chi connectivity index (χ2v) is 4.63. The molecular weight excluding hydrogens is 224 g/mol. The third-order valence-electron chi connectivity index (χ3n) is 2.78. The second kappa shape index (κ2) is 5.65. The van der Waals surface area contributed by atoms with E-state index in [0.717, 1.165) is 16.8 Å². The van der Waals surface area contributed by atoms with Crippen LogP contribution in [0.1, 0.15) is 19.4 Å². The van der Waals surface area contributed by atoms with E-state index in [1.54, 1.807) is 0 Å². The summed E-state index contributed by atoms with van der Waals surface area (Å²) in [5.41, 5.74) is 2.62. The number of aromatic amines is 1. The summed E-state index contributed by atoms with van der Waals surface area (Å²) < 4.78 is 0. The Morgan fingerprint density at radius 3 is 2.44 bits per heavy atom. The maximum absolute atomic E-state index is 11.9. The normalized spacial score (nSPS) is 10.8. The van der Waals surface area contributed by atoms with Crippen LogP contribution in [0.3, 0.4) is 0 Å². The highest BCUT2D eigenvalue weighted by Gasteiger charge is 2.03. The molecule has 18 heavy (non-hydrogen) atoms. The summed E-state index contributed by atoms with van der Waals surface area (Å²) in [4.78, 5) is 14.9. The van der Waals surface area contributed by atoms with Crippen LogP contribution in [0, 0.1) is 0 Å². The van der Waals surface area contributed by atoms with Crippen molar-refractivity contribution < 1.29 is 0 Å². The third-order valence-corrected chi connectivity index (χ3v) is 2.78. The van der Waals surface area contributed by atoms with Gasteiger partial charge in [0, 0.05) is 23.8 Å². The van der Waals surface area contributed by atoms with E-state index in [1.807, 2.05) is 42.5 Å². The van der Waals surface area contributed by atoms with E-state index in [1.165, 1.54) is 0 Å². The molecule has 2 N–H and O–H groups in total. The van der Waals surface area contributed by atoms with Gasteiger partial charge in [0.2, 0.25) is 0 Å². The first-order chi connectivity index (χ1) is 8.66. The van der Waals surface area contributed by atoms with E-state index < -0.39 is 0 Å². The van der Waals surface area contributed by atoms with E-state index in [2.05, 4.69) is 24.1 Å². The van der Waals surface area contributed by atoms with Crippen molar-refractivity contribution in [2.24, 2.45) is 0 Å². The van der Waals surface area contributed by atoms with E-state index >= 15 is 0 Å². The Bertz CT molecular complexity index is 558. The molecule has 94 valence electrons. The van der Waals surface area contributed by atoms with Gasteiger partial charge in [-0.2, -0.15) is 0 Å². The van der Waals surface area contributed by atoms with Crippen molar-refractivity contribution in [1.29, 1.82) is 0 Å². The summed E-state index contributed by atoms with van der Waals surface area (Å²) >= 11 is 0. The Balaban J connectivity index is 2.23. The maximum Gasteiger partial charge on any atom is 0.252 e. The van der Waals surface area contributed by atoms with Crippen LogP contribution in [0.4, 0.5) is 0 Å². The molecule has 0 fully saturated rings. The van der Waals surface area contributed by atoms with Gasteiger partial charge < -0.3 is 10.3 Å². The minimum Gasteiger partial charge on any atom is -0.322 e. The van der Waals surface area contributed by atoms with Gasteiger partial charge in [0.15, 0.2) is 0 Å². The van der Waals surface area contributed by atoms with Crippen molar-refractivity contribution in [1.82, 2.24) is 10.3 Å². The Labute approximate surface area is 107 Å². The van der Waals surface area contributed by atoms with Gasteiger partial charge in [-0.25, -0.2) is 0 Å². The molecule has 0 aliphatic heterocycles. The van der Waals surface area contributed by atoms with Crippen molar-refractivity contribution in [3.05, 3.63) is 58.4 Å². The number of aromatic nitrogens is 1. The number of hydrogen-bond donors (Lipinski definition) is 2. The Hall–Kier alpha value is -1.87. The molecule has 2 aromatic rings. The molecule has 3 heteroatoms. The molecule has 1 heterocycles. The largest absolute Gasteiger partial charge is 0.322 e. The van der Waals surface area contributed by atoms with E-state index in [-0.39, 0.29) is 5.56 Å². The number of H-pyrrole nitrogens is 1. The third kappa shape index (κ3) is 3.08. The lowest BCUT2D eigenvalue weighted by Crippen LogP contribution is -2.26. The zero-order valence-electron chi connectivity index (χ0n) is 10.7. The number of benzene rings is 1. The molecule has 0 bridgehead atoms. The summed E-state index contributed by atoms with van der Waals surface area (Å²) in [6, 6.07) is 14.1. The molecule has 0 aliphatic carbocycles. The first kappa shape index (κ1) is 12.6. The molecule has 0 spiro atoms. The predicted octanol–water partition coefficient (Wildman–Crippen LogP) is 2.54. The second-order valence-electron chi connectivity index (χ2n) is 4.63. The fourth-order valence-corrected chi connectivity index (χ4v) is 1.74. The van der Waals surface area contributed by atoms with Gasteiger partial charge in [-0.15, -0.1) is 0 Å². The van der Waals surface area contributed by atoms with Crippen LogP contribution >= 0.6 is 0 Å². The standard InChI is InChI=1S/C15H18N2O/c1-11(2)16-10-13-8-9-14(17-15(13)18)12-6-4-3-5-7-12/h3-9,11,16H,10H2,1-2H3,(H,17,18). The van der Waals surface area contributed by atoms with Gasteiger partial charge in [0.05, 0.1) is 0 Å². The summed E-state index contributed by atoms with van der Waals surface area (Å²) in [6.07, 6.45) is 0. The number of pyridine rings is 1. The van der Waals surface area contributed by atoms with Gasteiger partial charge in [-0.3, -0.25) is 4.79 Å². The molecular formula is C15H18N2O. The highest BCUT2D eigenvalue weighted by Crippen LogP contribution is 2.14. The van der Waals surface area contributed by atoms with Gasteiger partial charge in [-0.05, 0) is 11.6 Å². The fourth-order valence-electron chi connectivity index (χ4n) is 1.74. The average Bonchev–Trinajstić information content (AvgIpc) is 2.38. The molecule has 0 atom stereocenters. The molecule has 0 unspecified atom stereocenters. The predicted molar refractivity (Wildman–Crippen MR) is 74.5 cm³/mol. The van der Waals surface area contributed by atoms with Crippen LogP contribution in [0.15, 0.2) is 47.3 Å². The SMILES string of the molecule is CC(C)NCc1ccc(-c2ccccc2)[nH]c1=O. The van der Waals surface area contributed by atoms with Crippen molar-refractivity contribution in [2.45, 2.75) is 26.4 Å². The highest BCUT2D eigenvalue weighted by atomic mass is 16.1. The van der Waals surface area contributed by atoms with Crippen LogP contribution < -0.4 is 10.9 Å². The molecule has 1 aromatic heterocycles. The van der Waals surface area contributed by atoms with Gasteiger partial charge in [-0.1, -0.05) is 50.2 Å². The minimum atomic E-state index is -0.0236. The first-order valence-electron chi connectivity index (χ1n) is 6.18. The Morgan fingerprint density at radius 1 is 1.11 bits per heavy atom. The zero-order chi connectivity index (χ0) is 13.0. The lowest BCUT2D eigenvalue weighted by molar-refractivity contribution is 0.586. The van der Waals surface area contributed by atoms with E-state index in [4.69, 9.17) is 0 Å². The van der Waals surface area contributed by atoms with Gasteiger partial charge in [0.25, 0.3) is 5.56 Å². The van der Waals surface area contributed by atoms with Crippen LogP contribution in [0.25, 0.3) is 11.3 Å². The lowest BCUT2D eigenvalue weighted by Gasteiger charge is -2.08. The number of hydrogen-bond acceptors (Lipinski definition) is 2. The molecule has 0 saturated carbocycles. The van der Waals surface area contributed by atoms with Crippen molar-refractivity contribution in [2.75, 3.05) is 0 Å². The summed E-state index contributed by atoms with van der Waals surface area (Å²) in [7, 11) is 0. The first-order valence-corrected chi connectivity index (χ1v) is 6.18. The molecule has 0 aliphatic rings. The smallest absolute Gasteiger partial charge is 0.252 e. The summed E-state index contributed by atoms with van der Waals surface area (Å²) in [5.74, 6) is 0. The van der Waals surface area contributed by atoms with E-state index in [9.17, 15) is 4.79 Å². The highest BCUT2D eigenvalue weighted by molar-refractivity contribution is 5.58. The topological polar surface area (TPSA) is 44.9 Å². The van der Waals surface area contributed by atoms with Gasteiger partial charge >= 0.3 is 0 Å². The molecule has 3 nitrogen and oxygen atoms in total. The number of nitrogens with one attached hydrogen (secondary N) is 2. The molecule has 0 radical (unpaired) electrons. The molecule has 0 saturated heterocycles. The summed E-state index contributed by atoms with van der Waals surface area (Å²) in [5, 5.41) is 3.24. The van der Waals surface area contributed by atoms with Crippen LogP contribution in [0.2, 0.25) is 0 Å². The van der Waals surface area contributed by atoms with Crippen molar-refractivity contribution in [3.8, 4) is 11.3 Å².